The molecular weight excluding hydrogens is 324 g/mol. The fourth-order valence-electron chi connectivity index (χ4n) is 2.76. The van der Waals surface area contributed by atoms with Crippen molar-refractivity contribution in [3.05, 3.63) is 23.5 Å². The first kappa shape index (κ1) is 16.9. The predicted molar refractivity (Wildman–Crippen MR) is 94.2 cm³/mol. The number of likely N-dealkylation sites (tertiary alicyclic amines) is 1. The largest absolute Gasteiger partial charge is 0.324 e. The van der Waals surface area contributed by atoms with Crippen molar-refractivity contribution in [3.8, 4) is 0 Å². The zero-order valence-corrected chi connectivity index (χ0v) is 15.2. The number of amides is 2. The van der Waals surface area contributed by atoms with Crippen LogP contribution in [-0.2, 0) is 12.0 Å². The number of hydrogen-bond acceptors (Lipinski definition) is 5. The van der Waals surface area contributed by atoms with Crippen molar-refractivity contribution in [2.24, 2.45) is 5.92 Å². The monoisotopic (exact) mass is 348 g/mol. The zero-order chi connectivity index (χ0) is 17.2. The Kier molecular flexibility index (Phi) is 4.84. The van der Waals surface area contributed by atoms with Gasteiger partial charge in [0.05, 0.1) is 6.20 Å². The van der Waals surface area contributed by atoms with E-state index in [0.29, 0.717) is 11.0 Å². The molecule has 0 bridgehead atoms. The van der Waals surface area contributed by atoms with E-state index in [1.807, 2.05) is 22.0 Å². The summed E-state index contributed by atoms with van der Waals surface area (Å²) >= 11 is 1.55. The molecule has 1 saturated heterocycles. The Hall–Kier alpha value is -1.96. The quantitative estimate of drug-likeness (QED) is 0.925. The molecule has 0 saturated carbocycles. The standard InChI is InChI=1S/C16H24N6OS/c1-16(2,3)13-10-17-14(24-13)19-15(23)21-7-4-12(5-8-21)11-22-9-6-18-20-22/h6,9-10,12H,4-5,7-8,11H2,1-3H3,(H,17,19,23). The second kappa shape index (κ2) is 6.88. The Morgan fingerprint density at radius 3 is 2.71 bits per heavy atom. The van der Waals surface area contributed by atoms with Gasteiger partial charge in [0.15, 0.2) is 5.13 Å². The van der Waals surface area contributed by atoms with Crippen LogP contribution in [0, 0.1) is 5.92 Å². The first-order valence-electron chi connectivity index (χ1n) is 8.28. The van der Waals surface area contributed by atoms with Gasteiger partial charge in [-0.2, -0.15) is 0 Å². The van der Waals surface area contributed by atoms with Gasteiger partial charge in [-0.1, -0.05) is 26.0 Å². The number of carbonyl (C=O) groups is 1. The van der Waals surface area contributed by atoms with Crippen molar-refractivity contribution in [2.75, 3.05) is 18.4 Å². The van der Waals surface area contributed by atoms with E-state index < -0.39 is 0 Å². The summed E-state index contributed by atoms with van der Waals surface area (Å²) in [6, 6.07) is -0.0518. The molecule has 130 valence electrons. The summed E-state index contributed by atoms with van der Waals surface area (Å²) in [4.78, 5) is 19.8. The van der Waals surface area contributed by atoms with Gasteiger partial charge in [0.1, 0.15) is 0 Å². The van der Waals surface area contributed by atoms with Gasteiger partial charge in [0.25, 0.3) is 0 Å². The van der Waals surface area contributed by atoms with E-state index in [2.05, 4.69) is 41.4 Å². The number of urea groups is 1. The molecule has 0 atom stereocenters. The number of rotatable bonds is 3. The first-order valence-corrected chi connectivity index (χ1v) is 9.10. The minimum absolute atomic E-state index is 0.0518. The summed E-state index contributed by atoms with van der Waals surface area (Å²) in [5.41, 5.74) is 0.0559. The van der Waals surface area contributed by atoms with Gasteiger partial charge in [-0.3, -0.25) is 10.00 Å². The number of nitrogens with one attached hydrogen (secondary N) is 1. The second-order valence-electron chi connectivity index (χ2n) is 7.27. The molecule has 1 fully saturated rings. The second-order valence-corrected chi connectivity index (χ2v) is 8.30. The van der Waals surface area contributed by atoms with E-state index in [1.165, 1.54) is 4.88 Å². The summed E-state index contributed by atoms with van der Waals surface area (Å²) in [5, 5.41) is 11.4. The number of nitrogens with zero attached hydrogens (tertiary/aromatic N) is 5. The molecule has 0 aromatic carbocycles. The summed E-state index contributed by atoms with van der Waals surface area (Å²) in [5.74, 6) is 0.545. The molecular formula is C16H24N6OS. The van der Waals surface area contributed by atoms with Crippen molar-refractivity contribution in [3.63, 3.8) is 0 Å². The molecule has 3 rings (SSSR count). The topological polar surface area (TPSA) is 75.9 Å². The molecule has 7 nitrogen and oxygen atoms in total. The Morgan fingerprint density at radius 1 is 1.38 bits per heavy atom. The van der Waals surface area contributed by atoms with E-state index in [0.717, 1.165) is 32.5 Å². The van der Waals surface area contributed by atoms with Gasteiger partial charge in [-0.25, -0.2) is 9.78 Å². The maximum absolute atomic E-state index is 12.4. The van der Waals surface area contributed by atoms with Crippen LogP contribution in [0.5, 0.6) is 0 Å². The summed E-state index contributed by atoms with van der Waals surface area (Å²) in [7, 11) is 0. The molecule has 2 amide bonds. The smallest absolute Gasteiger partial charge is 0.323 e. The molecule has 1 aliphatic heterocycles. The molecule has 0 unspecified atom stereocenters. The Bertz CT molecular complexity index is 667. The van der Waals surface area contributed by atoms with E-state index in [9.17, 15) is 4.79 Å². The number of carbonyl (C=O) groups excluding carboxylic acids is 1. The van der Waals surface area contributed by atoms with Crippen molar-refractivity contribution in [1.29, 1.82) is 0 Å². The van der Waals surface area contributed by atoms with Crippen LogP contribution in [0.4, 0.5) is 9.93 Å². The molecule has 2 aromatic heterocycles. The zero-order valence-electron chi connectivity index (χ0n) is 14.4. The first-order chi connectivity index (χ1) is 11.4. The van der Waals surface area contributed by atoms with Crippen molar-refractivity contribution < 1.29 is 4.79 Å². The van der Waals surface area contributed by atoms with Crippen molar-refractivity contribution in [1.82, 2.24) is 24.9 Å². The fourth-order valence-corrected chi connectivity index (χ4v) is 3.63. The highest BCUT2D eigenvalue weighted by molar-refractivity contribution is 7.15. The number of anilines is 1. The van der Waals surface area contributed by atoms with E-state index in [1.54, 1.807) is 17.5 Å². The minimum Gasteiger partial charge on any atom is -0.324 e. The molecule has 3 heterocycles. The number of aromatic nitrogens is 4. The summed E-state index contributed by atoms with van der Waals surface area (Å²) < 4.78 is 1.87. The molecule has 0 radical (unpaired) electrons. The van der Waals surface area contributed by atoms with Crippen LogP contribution in [-0.4, -0.2) is 44.0 Å². The third-order valence-corrected chi connectivity index (χ3v) is 5.62. The highest BCUT2D eigenvalue weighted by Gasteiger charge is 2.24. The van der Waals surface area contributed by atoms with Crippen LogP contribution in [0.25, 0.3) is 0 Å². The van der Waals surface area contributed by atoms with E-state index in [4.69, 9.17) is 0 Å². The molecule has 0 aliphatic carbocycles. The summed E-state index contributed by atoms with van der Waals surface area (Å²) in [6.45, 7) is 8.84. The Labute approximate surface area is 146 Å². The number of hydrogen-bond donors (Lipinski definition) is 1. The fraction of sp³-hybridized carbons (Fsp3) is 0.625. The third-order valence-electron chi connectivity index (χ3n) is 4.28. The van der Waals surface area contributed by atoms with Gasteiger partial charge in [-0.05, 0) is 24.2 Å². The lowest BCUT2D eigenvalue weighted by molar-refractivity contribution is 0.175. The highest BCUT2D eigenvalue weighted by atomic mass is 32.1. The lowest BCUT2D eigenvalue weighted by atomic mass is 9.96. The minimum atomic E-state index is -0.0518. The third kappa shape index (κ3) is 4.11. The van der Waals surface area contributed by atoms with Gasteiger partial charge >= 0.3 is 6.03 Å². The lowest BCUT2D eigenvalue weighted by Gasteiger charge is -2.31. The lowest BCUT2D eigenvalue weighted by Crippen LogP contribution is -2.41. The SMILES string of the molecule is CC(C)(C)c1cnc(NC(=O)N2CCC(Cn3ccnn3)CC2)s1. The maximum atomic E-state index is 12.4. The van der Waals surface area contributed by atoms with E-state index >= 15 is 0 Å². The summed E-state index contributed by atoms with van der Waals surface area (Å²) in [6.07, 6.45) is 7.40. The number of thiazole rings is 1. The molecule has 1 aliphatic rings. The highest BCUT2D eigenvalue weighted by Crippen LogP contribution is 2.30. The van der Waals surface area contributed by atoms with Crippen LogP contribution in [0.3, 0.4) is 0 Å². The van der Waals surface area contributed by atoms with Crippen LogP contribution in [0.1, 0.15) is 38.5 Å². The molecule has 24 heavy (non-hydrogen) atoms. The normalized spacial score (nSPS) is 16.4. The molecule has 2 aromatic rings. The van der Waals surface area contributed by atoms with Crippen LogP contribution < -0.4 is 5.32 Å². The Morgan fingerprint density at radius 2 is 2.12 bits per heavy atom. The van der Waals surface area contributed by atoms with Gasteiger partial charge in [0, 0.05) is 36.9 Å². The van der Waals surface area contributed by atoms with Gasteiger partial charge < -0.3 is 4.90 Å². The van der Waals surface area contributed by atoms with Crippen molar-refractivity contribution >= 4 is 22.5 Å². The maximum Gasteiger partial charge on any atom is 0.323 e. The average molecular weight is 348 g/mol. The predicted octanol–water partition coefficient (Wildman–Crippen LogP) is 2.98. The van der Waals surface area contributed by atoms with Gasteiger partial charge in [0.2, 0.25) is 0 Å². The van der Waals surface area contributed by atoms with Crippen molar-refractivity contribution in [2.45, 2.75) is 45.6 Å². The van der Waals surface area contributed by atoms with Crippen LogP contribution >= 0.6 is 11.3 Å². The molecule has 0 spiro atoms. The average Bonchev–Trinajstić information content (AvgIpc) is 3.19. The Balaban J connectivity index is 1.49. The van der Waals surface area contributed by atoms with Crippen LogP contribution in [0.15, 0.2) is 18.6 Å². The number of piperidine rings is 1. The van der Waals surface area contributed by atoms with Gasteiger partial charge in [-0.15, -0.1) is 16.4 Å². The molecule has 1 N–H and O–H groups in total. The molecule has 8 heteroatoms. The van der Waals surface area contributed by atoms with E-state index in [-0.39, 0.29) is 11.4 Å². The van der Waals surface area contributed by atoms with Crippen LogP contribution in [0.2, 0.25) is 0 Å².